The summed E-state index contributed by atoms with van der Waals surface area (Å²) in [6, 6.07) is 3.89. The largest absolute Gasteiger partial charge is 0.477 e. The van der Waals surface area contributed by atoms with Crippen LogP contribution in [0.4, 0.5) is 0 Å². The standard InChI is InChI=1S/C17H28N4O.HI/c1-2-3-4-5-9-20-17(18)21-12-15-8-10-19-16(11-15)22-13-14-6-7-14;/h8,10-11,14H,2-7,9,12-13H2,1H3,(H3,18,20,21);1H. The molecule has 0 aromatic carbocycles. The second-order valence-electron chi connectivity index (χ2n) is 5.95. The maximum absolute atomic E-state index is 5.87. The molecule has 0 amide bonds. The highest BCUT2D eigenvalue weighted by Gasteiger charge is 2.22. The summed E-state index contributed by atoms with van der Waals surface area (Å²) in [4.78, 5) is 8.59. The lowest BCUT2D eigenvalue weighted by Gasteiger charge is -2.07. The number of unbranched alkanes of at least 4 members (excludes halogenated alkanes) is 3. The van der Waals surface area contributed by atoms with Crippen LogP contribution < -0.4 is 15.8 Å². The minimum Gasteiger partial charge on any atom is -0.477 e. The van der Waals surface area contributed by atoms with Crippen LogP contribution in [-0.4, -0.2) is 24.1 Å². The van der Waals surface area contributed by atoms with E-state index in [-0.39, 0.29) is 24.0 Å². The average Bonchev–Trinajstić information content (AvgIpc) is 3.35. The Bertz CT molecular complexity index is 477. The van der Waals surface area contributed by atoms with E-state index in [1.54, 1.807) is 6.20 Å². The number of nitrogens with zero attached hydrogens (tertiary/aromatic N) is 2. The molecule has 0 spiro atoms. The molecule has 0 bridgehead atoms. The Hall–Kier alpha value is -1.05. The number of pyridine rings is 1. The molecule has 23 heavy (non-hydrogen) atoms. The van der Waals surface area contributed by atoms with Gasteiger partial charge in [-0.3, -0.25) is 0 Å². The molecule has 1 aliphatic rings. The average molecular weight is 432 g/mol. The van der Waals surface area contributed by atoms with Crippen molar-refractivity contribution in [1.82, 2.24) is 10.3 Å². The maximum Gasteiger partial charge on any atom is 0.213 e. The molecule has 5 nitrogen and oxygen atoms in total. The van der Waals surface area contributed by atoms with Gasteiger partial charge in [0.2, 0.25) is 5.88 Å². The lowest BCUT2D eigenvalue weighted by Crippen LogP contribution is -2.32. The SMILES string of the molecule is CCCCCCNC(N)=NCc1ccnc(OCC2CC2)c1.I. The summed E-state index contributed by atoms with van der Waals surface area (Å²) < 4.78 is 5.67. The van der Waals surface area contributed by atoms with Crippen LogP contribution in [0, 0.1) is 5.92 Å². The Morgan fingerprint density at radius 3 is 2.96 bits per heavy atom. The Morgan fingerprint density at radius 2 is 2.22 bits per heavy atom. The molecule has 0 aliphatic heterocycles. The van der Waals surface area contributed by atoms with Crippen molar-refractivity contribution in [2.24, 2.45) is 16.6 Å². The van der Waals surface area contributed by atoms with Gasteiger partial charge in [0.05, 0.1) is 13.2 Å². The number of nitrogens with one attached hydrogen (secondary N) is 1. The predicted octanol–water partition coefficient (Wildman–Crippen LogP) is 3.47. The van der Waals surface area contributed by atoms with Crippen molar-refractivity contribution in [1.29, 1.82) is 0 Å². The molecule has 1 heterocycles. The van der Waals surface area contributed by atoms with Crippen molar-refractivity contribution >= 4 is 29.9 Å². The molecule has 1 saturated carbocycles. The number of guanidine groups is 1. The van der Waals surface area contributed by atoms with Gasteiger partial charge < -0.3 is 15.8 Å². The first kappa shape index (κ1) is 20.0. The molecular formula is C17H29IN4O. The zero-order valence-corrected chi connectivity index (χ0v) is 16.3. The summed E-state index contributed by atoms with van der Waals surface area (Å²) >= 11 is 0. The molecule has 3 N–H and O–H groups in total. The Labute approximate surface area is 156 Å². The molecule has 0 saturated heterocycles. The van der Waals surface area contributed by atoms with Gasteiger partial charge in [0.15, 0.2) is 5.96 Å². The summed E-state index contributed by atoms with van der Waals surface area (Å²) in [6.07, 6.45) is 9.23. The number of hydrogen-bond acceptors (Lipinski definition) is 3. The van der Waals surface area contributed by atoms with Gasteiger partial charge in [0.25, 0.3) is 0 Å². The fraction of sp³-hybridized carbons (Fsp3) is 0.647. The quantitative estimate of drug-likeness (QED) is 0.257. The number of hydrogen-bond donors (Lipinski definition) is 2. The number of nitrogens with two attached hydrogens (primary N) is 1. The van der Waals surface area contributed by atoms with Crippen molar-refractivity contribution < 1.29 is 4.74 Å². The highest BCUT2D eigenvalue weighted by molar-refractivity contribution is 14.0. The van der Waals surface area contributed by atoms with Gasteiger partial charge >= 0.3 is 0 Å². The monoisotopic (exact) mass is 432 g/mol. The zero-order chi connectivity index (χ0) is 15.6. The number of rotatable bonds is 10. The summed E-state index contributed by atoms with van der Waals surface area (Å²) in [5.74, 6) is 1.93. The molecule has 1 aromatic rings. The van der Waals surface area contributed by atoms with E-state index in [2.05, 4.69) is 22.2 Å². The van der Waals surface area contributed by atoms with E-state index in [1.165, 1.54) is 32.1 Å². The van der Waals surface area contributed by atoms with E-state index in [4.69, 9.17) is 10.5 Å². The van der Waals surface area contributed by atoms with Crippen molar-refractivity contribution in [2.45, 2.75) is 52.0 Å². The highest BCUT2D eigenvalue weighted by Crippen LogP contribution is 2.29. The van der Waals surface area contributed by atoms with Crippen molar-refractivity contribution in [3.8, 4) is 5.88 Å². The molecule has 1 fully saturated rings. The molecule has 1 aliphatic carbocycles. The van der Waals surface area contributed by atoms with Crippen LogP contribution in [-0.2, 0) is 6.54 Å². The van der Waals surface area contributed by atoms with Crippen molar-refractivity contribution in [3.05, 3.63) is 23.9 Å². The summed E-state index contributed by atoms with van der Waals surface area (Å²) in [6.45, 7) is 4.43. The topological polar surface area (TPSA) is 72.5 Å². The van der Waals surface area contributed by atoms with Gasteiger partial charge in [0, 0.05) is 18.8 Å². The van der Waals surface area contributed by atoms with E-state index in [0.29, 0.717) is 18.4 Å². The van der Waals surface area contributed by atoms with Gasteiger partial charge in [-0.15, -0.1) is 24.0 Å². The normalized spacial score (nSPS) is 14.2. The molecule has 0 atom stereocenters. The van der Waals surface area contributed by atoms with Gasteiger partial charge in [-0.25, -0.2) is 9.98 Å². The maximum atomic E-state index is 5.87. The van der Waals surface area contributed by atoms with Gasteiger partial charge in [0.1, 0.15) is 0 Å². The molecule has 0 unspecified atom stereocenters. The Kier molecular flexibility index (Phi) is 9.98. The second kappa shape index (κ2) is 11.5. The smallest absolute Gasteiger partial charge is 0.213 e. The van der Waals surface area contributed by atoms with Gasteiger partial charge in [-0.1, -0.05) is 26.2 Å². The first-order valence-electron chi connectivity index (χ1n) is 8.39. The Balaban J connectivity index is 0.00000264. The summed E-state index contributed by atoms with van der Waals surface area (Å²) in [5, 5.41) is 3.16. The molecule has 130 valence electrons. The molecule has 6 heteroatoms. The van der Waals surface area contributed by atoms with Crippen LogP contribution in [0.5, 0.6) is 5.88 Å². The number of ether oxygens (including phenoxy) is 1. The molecule has 0 radical (unpaired) electrons. The minimum absolute atomic E-state index is 0. The van der Waals surface area contributed by atoms with E-state index in [9.17, 15) is 0 Å². The fourth-order valence-corrected chi connectivity index (χ4v) is 2.12. The predicted molar refractivity (Wildman–Crippen MR) is 105 cm³/mol. The zero-order valence-electron chi connectivity index (χ0n) is 14.0. The lowest BCUT2D eigenvalue weighted by atomic mass is 10.2. The second-order valence-corrected chi connectivity index (χ2v) is 5.95. The van der Waals surface area contributed by atoms with Crippen LogP contribution >= 0.6 is 24.0 Å². The van der Waals surface area contributed by atoms with Crippen LogP contribution in [0.15, 0.2) is 23.3 Å². The third-order valence-corrected chi connectivity index (χ3v) is 3.73. The number of aromatic nitrogens is 1. The van der Waals surface area contributed by atoms with Crippen molar-refractivity contribution in [3.63, 3.8) is 0 Å². The van der Waals surface area contributed by atoms with E-state index >= 15 is 0 Å². The van der Waals surface area contributed by atoms with E-state index in [0.717, 1.165) is 31.1 Å². The summed E-state index contributed by atoms with van der Waals surface area (Å²) in [5.41, 5.74) is 6.94. The third kappa shape index (κ3) is 8.98. The van der Waals surface area contributed by atoms with Gasteiger partial charge in [-0.05, 0) is 36.8 Å². The molecule has 2 rings (SSSR count). The molecular weight excluding hydrogens is 403 g/mol. The number of aliphatic imine (C=N–C) groups is 1. The van der Waals surface area contributed by atoms with Crippen LogP contribution in [0.1, 0.15) is 51.0 Å². The van der Waals surface area contributed by atoms with E-state index in [1.807, 2.05) is 12.1 Å². The first-order chi connectivity index (χ1) is 10.8. The molecule has 1 aromatic heterocycles. The fourth-order valence-electron chi connectivity index (χ4n) is 2.12. The Morgan fingerprint density at radius 1 is 1.39 bits per heavy atom. The minimum atomic E-state index is 0. The third-order valence-electron chi connectivity index (χ3n) is 3.73. The van der Waals surface area contributed by atoms with Crippen molar-refractivity contribution in [2.75, 3.05) is 13.2 Å². The van der Waals surface area contributed by atoms with Gasteiger partial charge in [-0.2, -0.15) is 0 Å². The highest BCUT2D eigenvalue weighted by atomic mass is 127. The first-order valence-corrected chi connectivity index (χ1v) is 8.39. The number of halogens is 1. The van der Waals surface area contributed by atoms with Crippen LogP contribution in [0.2, 0.25) is 0 Å². The lowest BCUT2D eigenvalue weighted by molar-refractivity contribution is 0.288. The summed E-state index contributed by atoms with van der Waals surface area (Å²) in [7, 11) is 0. The van der Waals surface area contributed by atoms with Crippen LogP contribution in [0.25, 0.3) is 0 Å². The van der Waals surface area contributed by atoms with Crippen LogP contribution in [0.3, 0.4) is 0 Å². The van der Waals surface area contributed by atoms with E-state index < -0.39 is 0 Å².